The first kappa shape index (κ1) is 15.5. The summed E-state index contributed by atoms with van der Waals surface area (Å²) in [6.07, 6.45) is 6.78. The molecular formula is C20H25N. The van der Waals surface area contributed by atoms with E-state index in [-0.39, 0.29) is 0 Å². The van der Waals surface area contributed by atoms with Crippen LogP contribution in [0.2, 0.25) is 0 Å². The minimum atomic E-state index is 0.588. The molecule has 0 heterocycles. The van der Waals surface area contributed by atoms with Crippen LogP contribution in [0.15, 0.2) is 66.7 Å². The van der Waals surface area contributed by atoms with Crippen molar-refractivity contribution in [2.24, 2.45) is 0 Å². The van der Waals surface area contributed by atoms with Gasteiger partial charge in [-0.2, -0.15) is 0 Å². The average molecular weight is 279 g/mol. The Labute approximate surface area is 128 Å². The lowest BCUT2D eigenvalue weighted by atomic mass is 10.1. The molecule has 110 valence electrons. The Hall–Kier alpha value is -1.86. The van der Waals surface area contributed by atoms with E-state index in [0.29, 0.717) is 6.04 Å². The van der Waals surface area contributed by atoms with E-state index in [1.54, 1.807) is 0 Å². The molecule has 0 saturated heterocycles. The van der Waals surface area contributed by atoms with E-state index in [9.17, 15) is 0 Å². The second-order valence-corrected chi connectivity index (χ2v) is 5.51. The fourth-order valence-corrected chi connectivity index (χ4v) is 2.58. The Morgan fingerprint density at radius 3 is 2.19 bits per heavy atom. The van der Waals surface area contributed by atoms with Gasteiger partial charge in [0.25, 0.3) is 0 Å². The molecule has 21 heavy (non-hydrogen) atoms. The molecule has 1 nitrogen and oxygen atoms in total. The number of rotatable bonds is 7. The minimum absolute atomic E-state index is 0.588. The van der Waals surface area contributed by atoms with Gasteiger partial charge in [-0.3, -0.25) is 4.90 Å². The predicted octanol–water partition coefficient (Wildman–Crippen LogP) is 5.00. The third kappa shape index (κ3) is 5.20. The second-order valence-electron chi connectivity index (χ2n) is 5.51. The third-order valence-corrected chi connectivity index (χ3v) is 3.89. The highest BCUT2D eigenvalue weighted by atomic mass is 15.1. The van der Waals surface area contributed by atoms with E-state index < -0.39 is 0 Å². The van der Waals surface area contributed by atoms with Crippen molar-refractivity contribution < 1.29 is 0 Å². The minimum Gasteiger partial charge on any atom is -0.299 e. The van der Waals surface area contributed by atoms with Crippen LogP contribution in [0.4, 0.5) is 0 Å². The molecule has 0 bridgehead atoms. The van der Waals surface area contributed by atoms with Gasteiger partial charge in [0.1, 0.15) is 0 Å². The molecule has 1 atom stereocenters. The van der Waals surface area contributed by atoms with Crippen molar-refractivity contribution in [3.8, 4) is 0 Å². The summed E-state index contributed by atoms with van der Waals surface area (Å²) in [6.45, 7) is 3.28. The monoisotopic (exact) mass is 279 g/mol. The van der Waals surface area contributed by atoms with Crippen LogP contribution in [0.5, 0.6) is 0 Å². The van der Waals surface area contributed by atoms with Gasteiger partial charge in [0.2, 0.25) is 0 Å². The molecule has 0 radical (unpaired) electrons. The van der Waals surface area contributed by atoms with Crippen molar-refractivity contribution >= 4 is 6.08 Å². The Morgan fingerprint density at radius 1 is 0.952 bits per heavy atom. The van der Waals surface area contributed by atoms with Crippen molar-refractivity contribution in [1.82, 2.24) is 4.90 Å². The first-order valence-corrected chi connectivity index (χ1v) is 7.75. The fraction of sp³-hybridized carbons (Fsp3) is 0.300. The molecular weight excluding hydrogens is 254 g/mol. The summed E-state index contributed by atoms with van der Waals surface area (Å²) in [7, 11) is 2.22. The summed E-state index contributed by atoms with van der Waals surface area (Å²) < 4.78 is 0. The number of hydrogen-bond acceptors (Lipinski definition) is 1. The van der Waals surface area contributed by atoms with E-state index in [4.69, 9.17) is 0 Å². The number of nitrogens with zero attached hydrogens (tertiary/aromatic N) is 1. The van der Waals surface area contributed by atoms with Gasteiger partial charge in [-0.25, -0.2) is 0 Å². The molecule has 0 saturated carbocycles. The van der Waals surface area contributed by atoms with Crippen LogP contribution in [-0.4, -0.2) is 18.0 Å². The molecule has 0 aromatic heterocycles. The standard InChI is InChI=1S/C20H25N/c1-3-20(16-10-15-18-11-6-4-7-12-18)21(2)17-19-13-8-5-9-14-19/h4-15,20H,3,16-17H2,1-2H3. The second kappa shape index (κ2) is 8.43. The molecule has 0 amide bonds. The van der Waals surface area contributed by atoms with Crippen LogP contribution in [0, 0.1) is 0 Å². The topological polar surface area (TPSA) is 3.24 Å². The van der Waals surface area contributed by atoms with Crippen molar-refractivity contribution in [2.45, 2.75) is 32.4 Å². The zero-order valence-electron chi connectivity index (χ0n) is 13.1. The van der Waals surface area contributed by atoms with Crippen molar-refractivity contribution in [3.63, 3.8) is 0 Å². The van der Waals surface area contributed by atoms with E-state index in [2.05, 4.69) is 91.7 Å². The SMILES string of the molecule is CCC(CC=Cc1ccccc1)N(C)Cc1ccccc1. The van der Waals surface area contributed by atoms with Crippen molar-refractivity contribution in [3.05, 3.63) is 77.9 Å². The Bertz CT molecular complexity index is 530. The van der Waals surface area contributed by atoms with Crippen LogP contribution in [0.1, 0.15) is 30.9 Å². The lowest BCUT2D eigenvalue weighted by molar-refractivity contribution is 0.229. The van der Waals surface area contributed by atoms with Gasteiger partial charge < -0.3 is 0 Å². The number of hydrogen-bond donors (Lipinski definition) is 0. The Kier molecular flexibility index (Phi) is 6.23. The normalized spacial score (nSPS) is 12.9. The first-order valence-electron chi connectivity index (χ1n) is 7.75. The maximum atomic E-state index is 2.45. The summed E-state index contributed by atoms with van der Waals surface area (Å²) in [6, 6.07) is 21.8. The van der Waals surface area contributed by atoms with E-state index in [1.807, 2.05) is 0 Å². The highest BCUT2D eigenvalue weighted by Gasteiger charge is 2.11. The molecule has 2 rings (SSSR count). The molecule has 1 heteroatoms. The van der Waals surface area contributed by atoms with Crippen molar-refractivity contribution in [1.29, 1.82) is 0 Å². The molecule has 2 aromatic carbocycles. The zero-order valence-corrected chi connectivity index (χ0v) is 13.1. The van der Waals surface area contributed by atoms with Gasteiger partial charge in [-0.05, 0) is 31.0 Å². The molecule has 0 fully saturated rings. The molecule has 0 N–H and O–H groups in total. The Morgan fingerprint density at radius 2 is 1.57 bits per heavy atom. The quantitative estimate of drug-likeness (QED) is 0.689. The largest absolute Gasteiger partial charge is 0.299 e. The zero-order chi connectivity index (χ0) is 14.9. The molecule has 0 aliphatic carbocycles. The van der Waals surface area contributed by atoms with Gasteiger partial charge in [-0.1, -0.05) is 79.7 Å². The van der Waals surface area contributed by atoms with Gasteiger partial charge in [0.15, 0.2) is 0 Å². The molecule has 2 aromatic rings. The molecule has 0 aliphatic rings. The van der Waals surface area contributed by atoms with E-state index in [0.717, 1.165) is 13.0 Å². The summed E-state index contributed by atoms with van der Waals surface area (Å²) in [5.74, 6) is 0. The average Bonchev–Trinajstić information content (AvgIpc) is 2.53. The fourth-order valence-electron chi connectivity index (χ4n) is 2.58. The van der Waals surface area contributed by atoms with Gasteiger partial charge >= 0.3 is 0 Å². The lowest BCUT2D eigenvalue weighted by Crippen LogP contribution is -2.30. The summed E-state index contributed by atoms with van der Waals surface area (Å²) in [5.41, 5.74) is 2.66. The highest BCUT2D eigenvalue weighted by molar-refractivity contribution is 5.48. The van der Waals surface area contributed by atoms with Crippen LogP contribution in [0.25, 0.3) is 6.08 Å². The van der Waals surface area contributed by atoms with Gasteiger partial charge in [0, 0.05) is 12.6 Å². The Balaban J connectivity index is 1.89. The summed E-state index contributed by atoms with van der Waals surface area (Å²) in [5, 5.41) is 0. The highest BCUT2D eigenvalue weighted by Crippen LogP contribution is 2.13. The first-order chi connectivity index (χ1) is 10.3. The maximum absolute atomic E-state index is 2.45. The van der Waals surface area contributed by atoms with Crippen LogP contribution in [-0.2, 0) is 6.54 Å². The molecule has 0 aliphatic heterocycles. The molecule has 1 unspecified atom stereocenters. The van der Waals surface area contributed by atoms with Crippen LogP contribution >= 0.6 is 0 Å². The van der Waals surface area contributed by atoms with Crippen molar-refractivity contribution in [2.75, 3.05) is 7.05 Å². The summed E-state index contributed by atoms with van der Waals surface area (Å²) >= 11 is 0. The van der Waals surface area contributed by atoms with Crippen LogP contribution in [0.3, 0.4) is 0 Å². The summed E-state index contributed by atoms with van der Waals surface area (Å²) in [4.78, 5) is 2.45. The van der Waals surface area contributed by atoms with E-state index in [1.165, 1.54) is 17.5 Å². The smallest absolute Gasteiger partial charge is 0.0233 e. The third-order valence-electron chi connectivity index (χ3n) is 3.89. The lowest BCUT2D eigenvalue weighted by Gasteiger charge is -2.26. The van der Waals surface area contributed by atoms with Gasteiger partial charge in [-0.15, -0.1) is 0 Å². The predicted molar refractivity (Wildman–Crippen MR) is 92.1 cm³/mol. The van der Waals surface area contributed by atoms with E-state index >= 15 is 0 Å². The number of benzene rings is 2. The molecule has 0 spiro atoms. The van der Waals surface area contributed by atoms with Crippen LogP contribution < -0.4 is 0 Å². The van der Waals surface area contributed by atoms with Gasteiger partial charge in [0.05, 0.1) is 0 Å². The maximum Gasteiger partial charge on any atom is 0.0233 e.